The Bertz CT molecular complexity index is 607. The SMILES string of the molecule is CCCc1cc(F)c(-c2cnc(C#N)nc2)c(F)c1. The predicted molar refractivity (Wildman–Crippen MR) is 66.1 cm³/mol. The Labute approximate surface area is 109 Å². The highest BCUT2D eigenvalue weighted by atomic mass is 19.1. The molecular formula is C14H11F2N3. The molecule has 2 rings (SSSR count). The Morgan fingerprint density at radius 3 is 2.21 bits per heavy atom. The fourth-order valence-corrected chi connectivity index (χ4v) is 1.85. The third kappa shape index (κ3) is 2.74. The molecule has 96 valence electrons. The lowest BCUT2D eigenvalue weighted by Crippen LogP contribution is -1.96. The molecule has 0 radical (unpaired) electrons. The van der Waals surface area contributed by atoms with Crippen LogP contribution < -0.4 is 0 Å². The average molecular weight is 259 g/mol. The molecule has 0 saturated heterocycles. The van der Waals surface area contributed by atoms with Crippen LogP contribution in [0.2, 0.25) is 0 Å². The molecular weight excluding hydrogens is 248 g/mol. The molecule has 0 amide bonds. The van der Waals surface area contributed by atoms with Crippen molar-refractivity contribution in [2.45, 2.75) is 19.8 Å². The molecule has 0 bridgehead atoms. The molecule has 3 nitrogen and oxygen atoms in total. The average Bonchev–Trinajstić information content (AvgIpc) is 2.39. The molecule has 0 spiro atoms. The van der Waals surface area contributed by atoms with Crippen LogP contribution in [0.25, 0.3) is 11.1 Å². The zero-order chi connectivity index (χ0) is 13.8. The Morgan fingerprint density at radius 1 is 1.16 bits per heavy atom. The summed E-state index contributed by atoms with van der Waals surface area (Å²) >= 11 is 0. The van der Waals surface area contributed by atoms with Crippen molar-refractivity contribution in [3.63, 3.8) is 0 Å². The lowest BCUT2D eigenvalue weighted by Gasteiger charge is -2.07. The van der Waals surface area contributed by atoms with Crippen molar-refractivity contribution in [2.75, 3.05) is 0 Å². The van der Waals surface area contributed by atoms with Crippen molar-refractivity contribution < 1.29 is 8.78 Å². The lowest BCUT2D eigenvalue weighted by molar-refractivity contribution is 0.585. The van der Waals surface area contributed by atoms with Gasteiger partial charge in [-0.2, -0.15) is 5.26 Å². The van der Waals surface area contributed by atoms with E-state index in [0.717, 1.165) is 6.42 Å². The molecule has 0 fully saturated rings. The second kappa shape index (κ2) is 5.53. The van der Waals surface area contributed by atoms with Crippen LogP contribution in [0.3, 0.4) is 0 Å². The fraction of sp³-hybridized carbons (Fsp3) is 0.214. The van der Waals surface area contributed by atoms with E-state index < -0.39 is 11.6 Å². The molecule has 0 aliphatic heterocycles. The van der Waals surface area contributed by atoms with Crippen molar-refractivity contribution in [2.24, 2.45) is 0 Å². The molecule has 0 aliphatic carbocycles. The van der Waals surface area contributed by atoms with Gasteiger partial charge in [0.1, 0.15) is 17.7 Å². The smallest absolute Gasteiger partial charge is 0.227 e. The van der Waals surface area contributed by atoms with Gasteiger partial charge in [-0.05, 0) is 24.1 Å². The van der Waals surface area contributed by atoms with Crippen LogP contribution in [0.15, 0.2) is 24.5 Å². The van der Waals surface area contributed by atoms with Crippen LogP contribution in [0.1, 0.15) is 24.7 Å². The van der Waals surface area contributed by atoms with E-state index >= 15 is 0 Å². The summed E-state index contributed by atoms with van der Waals surface area (Å²) in [5.41, 5.74) is 0.678. The number of hydrogen-bond donors (Lipinski definition) is 0. The molecule has 19 heavy (non-hydrogen) atoms. The van der Waals surface area contributed by atoms with Crippen LogP contribution >= 0.6 is 0 Å². The molecule has 0 atom stereocenters. The van der Waals surface area contributed by atoms with Gasteiger partial charge in [0.15, 0.2) is 0 Å². The monoisotopic (exact) mass is 259 g/mol. The molecule has 0 aliphatic rings. The predicted octanol–water partition coefficient (Wildman–Crippen LogP) is 3.25. The van der Waals surface area contributed by atoms with Crippen molar-refractivity contribution in [3.8, 4) is 17.2 Å². The minimum absolute atomic E-state index is 0.0350. The first kappa shape index (κ1) is 13.1. The molecule has 1 heterocycles. The number of halogens is 2. The second-order valence-electron chi connectivity index (χ2n) is 4.09. The van der Waals surface area contributed by atoms with Gasteiger partial charge in [-0.1, -0.05) is 13.3 Å². The largest absolute Gasteiger partial charge is 0.232 e. The minimum Gasteiger partial charge on any atom is -0.227 e. The standard InChI is InChI=1S/C14H11F2N3/c1-2-3-9-4-11(15)14(12(16)5-9)10-7-18-13(6-17)19-8-10/h4-5,7-8H,2-3H2,1H3. The minimum atomic E-state index is -0.642. The summed E-state index contributed by atoms with van der Waals surface area (Å²) in [7, 11) is 0. The number of aryl methyl sites for hydroxylation is 1. The van der Waals surface area contributed by atoms with E-state index in [4.69, 9.17) is 5.26 Å². The van der Waals surface area contributed by atoms with Gasteiger partial charge in [0.2, 0.25) is 5.82 Å². The summed E-state index contributed by atoms with van der Waals surface area (Å²) in [5.74, 6) is -1.32. The summed E-state index contributed by atoms with van der Waals surface area (Å²) in [4.78, 5) is 7.42. The number of rotatable bonds is 3. The number of benzene rings is 1. The van der Waals surface area contributed by atoms with Crippen LogP contribution in [0, 0.1) is 23.0 Å². The molecule has 0 unspecified atom stereocenters. The second-order valence-corrected chi connectivity index (χ2v) is 4.09. The van der Waals surface area contributed by atoms with E-state index in [1.807, 2.05) is 6.92 Å². The Morgan fingerprint density at radius 2 is 1.74 bits per heavy atom. The maximum atomic E-state index is 13.9. The zero-order valence-corrected chi connectivity index (χ0v) is 10.3. The van der Waals surface area contributed by atoms with Crippen LogP contribution in [0.5, 0.6) is 0 Å². The van der Waals surface area contributed by atoms with Gasteiger partial charge in [0, 0.05) is 18.0 Å². The van der Waals surface area contributed by atoms with Gasteiger partial charge >= 0.3 is 0 Å². The van der Waals surface area contributed by atoms with E-state index in [-0.39, 0.29) is 17.0 Å². The van der Waals surface area contributed by atoms with Crippen LogP contribution in [-0.4, -0.2) is 9.97 Å². The Hall–Kier alpha value is -2.35. The van der Waals surface area contributed by atoms with Crippen LogP contribution in [-0.2, 0) is 6.42 Å². The molecule has 0 saturated carbocycles. The van der Waals surface area contributed by atoms with Gasteiger partial charge in [-0.15, -0.1) is 0 Å². The normalized spacial score (nSPS) is 10.2. The molecule has 0 N–H and O–H groups in total. The molecule has 1 aromatic carbocycles. The van der Waals surface area contributed by atoms with Crippen molar-refractivity contribution in [1.29, 1.82) is 5.26 Å². The van der Waals surface area contributed by atoms with E-state index in [0.29, 0.717) is 12.0 Å². The number of hydrogen-bond acceptors (Lipinski definition) is 3. The summed E-state index contributed by atoms with van der Waals surface area (Å²) in [6, 6.07) is 4.39. The lowest BCUT2D eigenvalue weighted by atomic mass is 10.0. The van der Waals surface area contributed by atoms with Gasteiger partial charge in [-0.3, -0.25) is 0 Å². The van der Waals surface area contributed by atoms with E-state index in [1.54, 1.807) is 6.07 Å². The first-order chi connectivity index (χ1) is 9.15. The van der Waals surface area contributed by atoms with Crippen molar-refractivity contribution in [1.82, 2.24) is 9.97 Å². The molecule has 1 aromatic heterocycles. The number of aromatic nitrogens is 2. The maximum Gasteiger partial charge on any atom is 0.232 e. The summed E-state index contributed by atoms with van der Waals surface area (Å²) in [6.45, 7) is 1.94. The summed E-state index contributed by atoms with van der Waals surface area (Å²) in [5, 5.41) is 8.58. The highest BCUT2D eigenvalue weighted by Gasteiger charge is 2.14. The number of nitriles is 1. The highest BCUT2D eigenvalue weighted by molar-refractivity contribution is 5.63. The van der Waals surface area contributed by atoms with E-state index in [9.17, 15) is 8.78 Å². The topological polar surface area (TPSA) is 49.6 Å². The maximum absolute atomic E-state index is 13.9. The fourth-order valence-electron chi connectivity index (χ4n) is 1.85. The first-order valence-corrected chi connectivity index (χ1v) is 5.86. The van der Waals surface area contributed by atoms with Gasteiger partial charge in [0.25, 0.3) is 0 Å². The van der Waals surface area contributed by atoms with Crippen molar-refractivity contribution >= 4 is 0 Å². The first-order valence-electron chi connectivity index (χ1n) is 5.86. The number of nitrogens with zero attached hydrogens (tertiary/aromatic N) is 3. The highest BCUT2D eigenvalue weighted by Crippen LogP contribution is 2.26. The summed E-state index contributed by atoms with van der Waals surface area (Å²) < 4.78 is 27.9. The zero-order valence-electron chi connectivity index (χ0n) is 10.3. The van der Waals surface area contributed by atoms with E-state index in [1.165, 1.54) is 24.5 Å². The quantitative estimate of drug-likeness (QED) is 0.850. The molecule has 2 aromatic rings. The Balaban J connectivity index is 2.47. The van der Waals surface area contributed by atoms with Gasteiger partial charge in [-0.25, -0.2) is 18.7 Å². The third-order valence-electron chi connectivity index (χ3n) is 2.68. The van der Waals surface area contributed by atoms with Crippen LogP contribution in [0.4, 0.5) is 8.78 Å². The third-order valence-corrected chi connectivity index (χ3v) is 2.68. The molecule has 5 heteroatoms. The van der Waals surface area contributed by atoms with Gasteiger partial charge < -0.3 is 0 Å². The summed E-state index contributed by atoms with van der Waals surface area (Å²) in [6.07, 6.45) is 3.93. The van der Waals surface area contributed by atoms with Crippen molar-refractivity contribution in [3.05, 3.63) is 47.5 Å². The Kier molecular flexibility index (Phi) is 3.81. The van der Waals surface area contributed by atoms with E-state index in [2.05, 4.69) is 9.97 Å². The van der Waals surface area contributed by atoms with Gasteiger partial charge in [0.05, 0.1) is 5.56 Å².